The molecule has 4 nitrogen and oxygen atoms in total. The van der Waals surface area contributed by atoms with E-state index in [1.165, 1.54) is 13.5 Å². The molecule has 0 bridgehead atoms. The number of rotatable bonds is 6. The second kappa shape index (κ2) is 8.44. The number of hydrogen-bond donors (Lipinski definition) is 0. The number of nitrogens with zero attached hydrogens (tertiary/aromatic N) is 1. The molecular formula is C20H23NO3. The molecule has 1 atom stereocenters. The molecule has 126 valence electrons. The van der Waals surface area contributed by atoms with Gasteiger partial charge in [-0.25, -0.2) is 4.79 Å². The van der Waals surface area contributed by atoms with E-state index >= 15 is 0 Å². The Balaban J connectivity index is 2.18. The van der Waals surface area contributed by atoms with Gasteiger partial charge in [0.25, 0.3) is 0 Å². The molecule has 4 heteroatoms. The van der Waals surface area contributed by atoms with Crippen molar-refractivity contribution >= 4 is 11.8 Å². The zero-order chi connectivity index (χ0) is 17.4. The van der Waals surface area contributed by atoms with Crippen LogP contribution < -0.4 is 0 Å². The molecule has 1 unspecified atom stereocenters. The molecule has 1 aromatic rings. The molecule has 0 radical (unpaired) electrons. The molecule has 1 aliphatic carbocycles. The highest BCUT2D eigenvalue weighted by atomic mass is 16.5. The Labute approximate surface area is 143 Å². The highest BCUT2D eigenvalue weighted by Crippen LogP contribution is 2.33. The number of nitriles is 1. The van der Waals surface area contributed by atoms with Crippen molar-refractivity contribution in [1.29, 1.82) is 5.26 Å². The van der Waals surface area contributed by atoms with Gasteiger partial charge in [0.05, 0.1) is 13.2 Å². The third-order valence-electron chi connectivity index (χ3n) is 4.54. The summed E-state index contributed by atoms with van der Waals surface area (Å²) in [6.45, 7) is 0. The summed E-state index contributed by atoms with van der Waals surface area (Å²) in [5.41, 5.74) is 0.353. The fourth-order valence-corrected chi connectivity index (χ4v) is 3.13. The van der Waals surface area contributed by atoms with Crippen molar-refractivity contribution in [2.45, 2.75) is 44.9 Å². The normalized spacial score (nSPS) is 16.6. The molecular weight excluding hydrogens is 302 g/mol. The van der Waals surface area contributed by atoms with Gasteiger partial charge in [-0.1, -0.05) is 48.4 Å². The minimum atomic E-state index is -1.37. The van der Waals surface area contributed by atoms with Gasteiger partial charge in [0.2, 0.25) is 0 Å². The lowest BCUT2D eigenvalue weighted by Crippen LogP contribution is -2.30. The third kappa shape index (κ3) is 4.32. The summed E-state index contributed by atoms with van der Waals surface area (Å²) < 4.78 is 4.87. The van der Waals surface area contributed by atoms with Gasteiger partial charge in [0, 0.05) is 12.0 Å². The first-order valence-electron chi connectivity index (χ1n) is 8.40. The summed E-state index contributed by atoms with van der Waals surface area (Å²) in [6, 6.07) is 11.1. The minimum absolute atomic E-state index is 0.0684. The van der Waals surface area contributed by atoms with E-state index < -0.39 is 11.4 Å². The maximum Gasteiger partial charge on any atom is 0.330 e. The third-order valence-corrected chi connectivity index (χ3v) is 4.54. The molecule has 0 amide bonds. The maximum atomic E-state index is 12.3. The fourth-order valence-electron chi connectivity index (χ4n) is 3.13. The Kier molecular flexibility index (Phi) is 6.31. The van der Waals surface area contributed by atoms with Crippen molar-refractivity contribution < 1.29 is 14.3 Å². The van der Waals surface area contributed by atoms with Crippen LogP contribution >= 0.6 is 0 Å². The van der Waals surface area contributed by atoms with Gasteiger partial charge in [0.1, 0.15) is 0 Å². The van der Waals surface area contributed by atoms with Crippen LogP contribution in [-0.2, 0) is 9.53 Å². The number of esters is 1. The molecule has 1 aromatic carbocycles. The zero-order valence-electron chi connectivity index (χ0n) is 14.1. The molecule has 0 spiro atoms. The van der Waals surface area contributed by atoms with E-state index in [0.717, 1.165) is 31.3 Å². The number of methoxy groups -OCH3 is 1. The first-order chi connectivity index (χ1) is 11.6. The number of allylic oxidation sites excluding steroid dienone is 1. The topological polar surface area (TPSA) is 67.2 Å². The number of ether oxygens (including phenoxy) is 1. The maximum absolute atomic E-state index is 12.3. The van der Waals surface area contributed by atoms with Crippen molar-refractivity contribution in [3.05, 3.63) is 47.5 Å². The predicted octanol–water partition coefficient (Wildman–Crippen LogP) is 4.22. The minimum Gasteiger partial charge on any atom is -0.468 e. The summed E-state index contributed by atoms with van der Waals surface area (Å²) in [7, 11) is 1.28. The monoisotopic (exact) mass is 325 g/mol. The second-order valence-electron chi connectivity index (χ2n) is 6.23. The number of hydrogen-bond acceptors (Lipinski definition) is 4. The van der Waals surface area contributed by atoms with E-state index in [0.29, 0.717) is 5.56 Å². The largest absolute Gasteiger partial charge is 0.468 e. The summed E-state index contributed by atoms with van der Waals surface area (Å²) in [5, 5.41) is 9.69. The standard InChI is InChI=1S/C20H23NO3/c1-24-19(23)20(15-21,14-16-8-4-2-5-9-16)13-12-18(22)17-10-6-3-7-11-17/h3,6-7,10-11,14H,2,4-5,8-9,12-13H2,1H3. The van der Waals surface area contributed by atoms with Gasteiger partial charge in [-0.2, -0.15) is 5.26 Å². The summed E-state index contributed by atoms with van der Waals surface area (Å²) in [4.78, 5) is 24.6. The van der Waals surface area contributed by atoms with Crippen LogP contribution in [0.1, 0.15) is 55.3 Å². The van der Waals surface area contributed by atoms with Crippen LogP contribution in [0, 0.1) is 16.7 Å². The van der Waals surface area contributed by atoms with Crippen LogP contribution in [0.5, 0.6) is 0 Å². The van der Waals surface area contributed by atoms with E-state index in [1.54, 1.807) is 30.3 Å². The molecule has 1 fully saturated rings. The molecule has 1 aliphatic rings. The fraction of sp³-hybridized carbons (Fsp3) is 0.450. The van der Waals surface area contributed by atoms with E-state index in [1.807, 2.05) is 6.07 Å². The summed E-state index contributed by atoms with van der Waals surface area (Å²) in [6.07, 6.45) is 7.21. The van der Waals surface area contributed by atoms with Crippen LogP contribution in [0.4, 0.5) is 0 Å². The van der Waals surface area contributed by atoms with E-state index in [9.17, 15) is 14.9 Å². The van der Waals surface area contributed by atoms with Gasteiger partial charge >= 0.3 is 5.97 Å². The second-order valence-corrected chi connectivity index (χ2v) is 6.23. The summed E-state index contributed by atoms with van der Waals surface area (Å²) >= 11 is 0. The average molecular weight is 325 g/mol. The molecule has 1 saturated carbocycles. The SMILES string of the molecule is COC(=O)C(C#N)(C=C1CCCCC1)CCC(=O)c1ccccc1. The smallest absolute Gasteiger partial charge is 0.330 e. The Morgan fingerprint density at radius 1 is 1.21 bits per heavy atom. The quantitative estimate of drug-likeness (QED) is 0.446. The van der Waals surface area contributed by atoms with Crippen LogP contribution in [0.15, 0.2) is 42.0 Å². The van der Waals surface area contributed by atoms with Gasteiger partial charge in [-0.3, -0.25) is 4.79 Å². The van der Waals surface area contributed by atoms with Crippen molar-refractivity contribution in [3.63, 3.8) is 0 Å². The Morgan fingerprint density at radius 3 is 2.46 bits per heavy atom. The van der Waals surface area contributed by atoms with Crippen molar-refractivity contribution in [3.8, 4) is 6.07 Å². The Hall–Kier alpha value is -2.41. The van der Waals surface area contributed by atoms with Crippen LogP contribution in [0.25, 0.3) is 0 Å². The Morgan fingerprint density at radius 2 is 1.88 bits per heavy atom. The first kappa shape index (κ1) is 17.9. The Bertz CT molecular complexity index is 649. The lowest BCUT2D eigenvalue weighted by Gasteiger charge is -2.23. The lowest BCUT2D eigenvalue weighted by molar-refractivity contribution is -0.147. The van der Waals surface area contributed by atoms with Crippen molar-refractivity contribution in [2.75, 3.05) is 7.11 Å². The van der Waals surface area contributed by atoms with Crippen LogP contribution in [-0.4, -0.2) is 18.9 Å². The highest BCUT2D eigenvalue weighted by molar-refractivity contribution is 5.96. The highest BCUT2D eigenvalue weighted by Gasteiger charge is 2.38. The summed E-state index contributed by atoms with van der Waals surface area (Å²) in [5.74, 6) is -0.648. The predicted molar refractivity (Wildman–Crippen MR) is 91.2 cm³/mol. The van der Waals surface area contributed by atoms with E-state index in [-0.39, 0.29) is 18.6 Å². The molecule has 0 saturated heterocycles. The number of ketones is 1. The van der Waals surface area contributed by atoms with Gasteiger partial charge in [-0.05, 0) is 32.1 Å². The van der Waals surface area contributed by atoms with Crippen molar-refractivity contribution in [1.82, 2.24) is 0 Å². The lowest BCUT2D eigenvalue weighted by atomic mass is 9.79. The molecule has 0 aromatic heterocycles. The zero-order valence-corrected chi connectivity index (χ0v) is 14.1. The van der Waals surface area contributed by atoms with Gasteiger partial charge < -0.3 is 4.74 Å². The van der Waals surface area contributed by atoms with Gasteiger partial charge in [0.15, 0.2) is 11.2 Å². The molecule has 0 aliphatic heterocycles. The molecule has 24 heavy (non-hydrogen) atoms. The van der Waals surface area contributed by atoms with Crippen molar-refractivity contribution in [2.24, 2.45) is 5.41 Å². The van der Waals surface area contributed by atoms with Crippen LogP contribution in [0.3, 0.4) is 0 Å². The van der Waals surface area contributed by atoms with E-state index in [2.05, 4.69) is 6.07 Å². The number of carbonyl (C=O) groups excluding carboxylic acids is 2. The molecule has 0 N–H and O–H groups in total. The number of benzene rings is 1. The van der Waals surface area contributed by atoms with Gasteiger partial charge in [-0.15, -0.1) is 0 Å². The van der Waals surface area contributed by atoms with Crippen LogP contribution in [0.2, 0.25) is 0 Å². The van der Waals surface area contributed by atoms with E-state index in [4.69, 9.17) is 4.74 Å². The molecule has 0 heterocycles. The number of Topliss-reactive ketones (excluding diaryl/α,β-unsaturated/α-hetero) is 1. The number of carbonyl (C=O) groups is 2. The first-order valence-corrected chi connectivity index (χ1v) is 8.40. The average Bonchev–Trinajstić information content (AvgIpc) is 2.65. The molecule has 2 rings (SSSR count).